The Morgan fingerprint density at radius 3 is 1.58 bits per heavy atom. The molecule has 0 aromatic heterocycles. The fourth-order valence-corrected chi connectivity index (χ4v) is 7.52. The maximum absolute atomic E-state index is 12.9. The molecule has 0 saturated carbocycles. The van der Waals surface area contributed by atoms with Crippen molar-refractivity contribution in [1.82, 2.24) is 5.32 Å². The van der Waals surface area contributed by atoms with Gasteiger partial charge in [0, 0.05) is 6.42 Å². The molecule has 6 N–H and O–H groups in total. The van der Waals surface area contributed by atoms with Gasteiger partial charge in [0.05, 0.1) is 25.4 Å². The molecule has 7 atom stereocenters. The molecule has 0 radical (unpaired) electrons. The summed E-state index contributed by atoms with van der Waals surface area (Å²) < 4.78 is 11.2. The summed E-state index contributed by atoms with van der Waals surface area (Å²) in [6.07, 6.45) is 32.6. The van der Waals surface area contributed by atoms with E-state index in [9.17, 15) is 30.3 Å². The van der Waals surface area contributed by atoms with Crippen LogP contribution in [-0.4, -0.2) is 87.5 Å². The first-order valence-corrected chi connectivity index (χ1v) is 23.3. The fraction of sp³-hybridized carbons (Fsp3) is 0.935. The molecule has 1 aliphatic heterocycles. The van der Waals surface area contributed by atoms with Crippen LogP contribution in [0.15, 0.2) is 12.2 Å². The smallest absolute Gasteiger partial charge is 0.220 e. The summed E-state index contributed by atoms with van der Waals surface area (Å²) in [6.45, 7) is 6.10. The molecule has 9 heteroatoms. The van der Waals surface area contributed by atoms with Crippen molar-refractivity contribution in [2.75, 3.05) is 13.2 Å². The van der Waals surface area contributed by atoms with E-state index in [1.54, 1.807) is 6.08 Å². The van der Waals surface area contributed by atoms with E-state index in [2.05, 4.69) is 26.1 Å². The number of amides is 1. The summed E-state index contributed by atoms with van der Waals surface area (Å²) in [5.41, 5.74) is 0. The van der Waals surface area contributed by atoms with Crippen molar-refractivity contribution in [3.8, 4) is 0 Å². The lowest BCUT2D eigenvalue weighted by atomic mass is 9.99. The first-order chi connectivity index (χ1) is 26.7. The largest absolute Gasteiger partial charge is 0.394 e. The van der Waals surface area contributed by atoms with Crippen molar-refractivity contribution < 1.29 is 39.8 Å². The van der Waals surface area contributed by atoms with Crippen LogP contribution in [0.25, 0.3) is 0 Å². The van der Waals surface area contributed by atoms with Gasteiger partial charge in [-0.15, -0.1) is 0 Å². The van der Waals surface area contributed by atoms with Crippen LogP contribution >= 0.6 is 0 Å². The molecule has 1 amide bonds. The highest BCUT2D eigenvalue weighted by Crippen LogP contribution is 2.23. The van der Waals surface area contributed by atoms with Gasteiger partial charge in [-0.25, -0.2) is 0 Å². The molecule has 1 heterocycles. The third-order valence-electron chi connectivity index (χ3n) is 11.3. The van der Waals surface area contributed by atoms with Gasteiger partial charge < -0.3 is 40.3 Å². The molecule has 326 valence electrons. The van der Waals surface area contributed by atoms with Crippen LogP contribution in [0.4, 0.5) is 0 Å². The summed E-state index contributed by atoms with van der Waals surface area (Å²) in [5.74, 6) is 0.618. The Bertz CT molecular complexity index is 886. The molecule has 0 aliphatic carbocycles. The summed E-state index contributed by atoms with van der Waals surface area (Å²) in [4.78, 5) is 12.9. The maximum atomic E-state index is 12.9. The summed E-state index contributed by atoms with van der Waals surface area (Å²) in [7, 11) is 0. The average molecular weight is 784 g/mol. The van der Waals surface area contributed by atoms with Crippen LogP contribution in [0.2, 0.25) is 0 Å². The van der Waals surface area contributed by atoms with E-state index < -0.39 is 49.5 Å². The van der Waals surface area contributed by atoms with Gasteiger partial charge in [-0.2, -0.15) is 0 Å². The number of nitrogens with one attached hydrogen (secondary N) is 1. The van der Waals surface area contributed by atoms with E-state index in [4.69, 9.17) is 9.47 Å². The number of ether oxygens (including phenoxy) is 2. The third kappa shape index (κ3) is 28.1. The number of rotatable bonds is 38. The number of carbonyl (C=O) groups is 1. The maximum Gasteiger partial charge on any atom is 0.220 e. The second-order valence-corrected chi connectivity index (χ2v) is 17.0. The van der Waals surface area contributed by atoms with E-state index in [0.717, 1.165) is 44.4 Å². The van der Waals surface area contributed by atoms with Gasteiger partial charge in [-0.1, -0.05) is 200 Å². The second kappa shape index (κ2) is 36.0. The second-order valence-electron chi connectivity index (χ2n) is 17.0. The van der Waals surface area contributed by atoms with Gasteiger partial charge >= 0.3 is 0 Å². The summed E-state index contributed by atoms with van der Waals surface area (Å²) in [6, 6.07) is -0.799. The van der Waals surface area contributed by atoms with E-state index in [-0.39, 0.29) is 12.5 Å². The number of hydrogen-bond acceptors (Lipinski definition) is 8. The molecule has 1 rings (SSSR count). The molecule has 1 aliphatic rings. The van der Waals surface area contributed by atoms with Crippen LogP contribution in [0.3, 0.4) is 0 Å². The molecule has 0 aromatic rings. The Morgan fingerprint density at radius 1 is 0.655 bits per heavy atom. The first kappa shape index (κ1) is 51.9. The van der Waals surface area contributed by atoms with Crippen molar-refractivity contribution >= 4 is 5.91 Å². The average Bonchev–Trinajstić information content (AvgIpc) is 3.17. The lowest BCUT2D eigenvalue weighted by molar-refractivity contribution is -0.302. The zero-order chi connectivity index (χ0) is 40.4. The Labute approximate surface area is 337 Å². The van der Waals surface area contributed by atoms with Crippen molar-refractivity contribution in [2.24, 2.45) is 5.92 Å². The highest BCUT2D eigenvalue weighted by molar-refractivity contribution is 5.76. The SMILES string of the molecule is CCCCCCCCCCCCCCCCCCCCCC(=O)N[C@@H](CO[C@@H]1O[C@H](CO)[C@@H](O)[C@H](O)[C@H]1O)[C@H](O)/C=C/CCCCCCCCCCC(C)C. The lowest BCUT2D eigenvalue weighted by Crippen LogP contribution is -2.60. The van der Waals surface area contributed by atoms with E-state index in [1.807, 2.05) is 6.08 Å². The zero-order valence-electron chi connectivity index (χ0n) is 35.9. The van der Waals surface area contributed by atoms with Crippen LogP contribution in [-0.2, 0) is 14.3 Å². The van der Waals surface area contributed by atoms with Crippen molar-refractivity contribution in [2.45, 2.75) is 256 Å². The van der Waals surface area contributed by atoms with Gasteiger partial charge in [0.2, 0.25) is 5.91 Å². The lowest BCUT2D eigenvalue weighted by Gasteiger charge is -2.40. The molecular formula is C46H89NO8. The minimum Gasteiger partial charge on any atom is -0.394 e. The number of allylic oxidation sites excluding steroid dienone is 1. The van der Waals surface area contributed by atoms with E-state index in [0.29, 0.717) is 6.42 Å². The van der Waals surface area contributed by atoms with E-state index >= 15 is 0 Å². The molecular weight excluding hydrogens is 695 g/mol. The number of aliphatic hydroxyl groups excluding tert-OH is 5. The normalized spacial score (nSPS) is 21.4. The molecule has 0 unspecified atom stereocenters. The van der Waals surface area contributed by atoms with Crippen molar-refractivity contribution in [3.05, 3.63) is 12.2 Å². The standard InChI is InChI=1S/C46H89NO8/c1-4-5-6-7-8-9-10-11-12-13-14-15-16-17-18-23-26-29-32-35-42(50)47-39(37-54-46-45(53)44(52)43(51)41(36-48)55-46)40(49)34-31-28-25-22-20-19-21-24-27-30-33-38(2)3/h31,34,38-41,43-46,48-49,51-53H,4-30,32-33,35-37H2,1-3H3,(H,47,50)/b34-31+/t39-,40+,41+,43+,44-,45+,46+/m0/s1. The molecule has 0 bridgehead atoms. The van der Waals surface area contributed by atoms with Gasteiger partial charge in [0.25, 0.3) is 0 Å². The molecule has 1 fully saturated rings. The summed E-state index contributed by atoms with van der Waals surface area (Å²) >= 11 is 0. The number of aliphatic hydroxyl groups is 5. The molecule has 0 spiro atoms. The minimum absolute atomic E-state index is 0.175. The Morgan fingerprint density at radius 2 is 1.11 bits per heavy atom. The van der Waals surface area contributed by atoms with Crippen LogP contribution in [0, 0.1) is 5.92 Å². The topological polar surface area (TPSA) is 149 Å². The highest BCUT2D eigenvalue weighted by Gasteiger charge is 2.44. The summed E-state index contributed by atoms with van der Waals surface area (Å²) in [5, 5.41) is 54.2. The predicted octanol–water partition coefficient (Wildman–Crippen LogP) is 9.58. The highest BCUT2D eigenvalue weighted by atomic mass is 16.7. The third-order valence-corrected chi connectivity index (χ3v) is 11.3. The first-order valence-electron chi connectivity index (χ1n) is 23.3. The van der Waals surface area contributed by atoms with Crippen LogP contribution in [0.1, 0.15) is 213 Å². The Hall–Kier alpha value is -1.07. The van der Waals surface area contributed by atoms with Crippen LogP contribution in [0.5, 0.6) is 0 Å². The van der Waals surface area contributed by atoms with Gasteiger partial charge in [0.1, 0.15) is 24.4 Å². The Balaban J connectivity index is 2.32. The van der Waals surface area contributed by atoms with Crippen molar-refractivity contribution in [3.63, 3.8) is 0 Å². The molecule has 1 saturated heterocycles. The van der Waals surface area contributed by atoms with E-state index in [1.165, 1.54) is 148 Å². The molecule has 55 heavy (non-hydrogen) atoms. The van der Waals surface area contributed by atoms with Gasteiger partial charge in [-0.3, -0.25) is 4.79 Å². The predicted molar refractivity (Wildman–Crippen MR) is 226 cm³/mol. The molecule has 9 nitrogen and oxygen atoms in total. The quantitative estimate of drug-likeness (QED) is 0.0268. The van der Waals surface area contributed by atoms with Crippen molar-refractivity contribution in [1.29, 1.82) is 0 Å². The fourth-order valence-electron chi connectivity index (χ4n) is 7.52. The van der Waals surface area contributed by atoms with Gasteiger partial charge in [-0.05, 0) is 25.2 Å². The molecule has 0 aromatic carbocycles. The number of hydrogen-bond donors (Lipinski definition) is 6. The number of unbranched alkanes of at least 4 members (excludes halogenated alkanes) is 26. The van der Waals surface area contributed by atoms with Gasteiger partial charge in [0.15, 0.2) is 6.29 Å². The zero-order valence-corrected chi connectivity index (χ0v) is 35.9. The Kier molecular flexibility index (Phi) is 34.0. The monoisotopic (exact) mass is 784 g/mol. The number of carbonyl (C=O) groups excluding carboxylic acids is 1. The minimum atomic E-state index is -1.56. The van der Waals surface area contributed by atoms with Crippen LogP contribution < -0.4 is 5.32 Å².